The molecule has 0 aliphatic heterocycles. The number of hydrogen-bond donors (Lipinski definition) is 1. The van der Waals surface area contributed by atoms with Gasteiger partial charge in [0.2, 0.25) is 4.77 Å². The van der Waals surface area contributed by atoms with E-state index < -0.39 is 0 Å². The molecule has 1 aromatic heterocycles. The number of rotatable bonds is 1. The Kier molecular flexibility index (Phi) is 2.82. The fourth-order valence-electron chi connectivity index (χ4n) is 1.21. The van der Waals surface area contributed by atoms with E-state index in [1.165, 1.54) is 0 Å². The molecule has 0 amide bonds. The van der Waals surface area contributed by atoms with Crippen LogP contribution in [0.3, 0.4) is 0 Å². The molecule has 0 unspecified atom stereocenters. The first-order chi connectivity index (χ1) is 7.09. The summed E-state index contributed by atoms with van der Waals surface area (Å²) in [7, 11) is 1.79. The maximum Gasteiger partial charge on any atom is 0.216 e. The lowest BCUT2D eigenvalue weighted by molar-refractivity contribution is 0.756. The standard InChI is InChI=1S/C9H7Cl2N3S/c1-14-9(15)12-8(13-14)5-3-2-4-6(10)7(5)11/h2-4H,1H3,(H,12,13,15). The number of H-pyrrole nitrogens is 1. The van der Waals surface area contributed by atoms with E-state index >= 15 is 0 Å². The van der Waals surface area contributed by atoms with Gasteiger partial charge in [0.25, 0.3) is 0 Å². The highest BCUT2D eigenvalue weighted by atomic mass is 35.5. The van der Waals surface area contributed by atoms with Gasteiger partial charge in [0.1, 0.15) is 0 Å². The quantitative estimate of drug-likeness (QED) is 0.797. The molecule has 15 heavy (non-hydrogen) atoms. The zero-order chi connectivity index (χ0) is 11.0. The molecule has 78 valence electrons. The Morgan fingerprint density at radius 3 is 2.73 bits per heavy atom. The number of hydrogen-bond acceptors (Lipinski definition) is 2. The van der Waals surface area contributed by atoms with Crippen LogP contribution in [0.4, 0.5) is 0 Å². The van der Waals surface area contributed by atoms with Crippen molar-refractivity contribution in [2.45, 2.75) is 0 Å². The monoisotopic (exact) mass is 259 g/mol. The first-order valence-electron chi connectivity index (χ1n) is 4.17. The van der Waals surface area contributed by atoms with Gasteiger partial charge in [-0.05, 0) is 24.4 Å². The Labute approximate surface area is 102 Å². The number of halogens is 2. The number of benzene rings is 1. The summed E-state index contributed by atoms with van der Waals surface area (Å²) in [6.07, 6.45) is 0. The van der Waals surface area contributed by atoms with E-state index in [2.05, 4.69) is 10.1 Å². The predicted octanol–water partition coefficient (Wildman–Crippen LogP) is 3.45. The van der Waals surface area contributed by atoms with Gasteiger partial charge in [-0.1, -0.05) is 29.3 Å². The summed E-state index contributed by atoms with van der Waals surface area (Å²) in [5.41, 5.74) is 0.746. The van der Waals surface area contributed by atoms with E-state index in [1.807, 2.05) is 12.1 Å². The molecule has 1 aromatic carbocycles. The minimum absolute atomic E-state index is 0.473. The van der Waals surface area contributed by atoms with Gasteiger partial charge in [-0.2, -0.15) is 4.98 Å². The topological polar surface area (TPSA) is 33.6 Å². The van der Waals surface area contributed by atoms with Crippen LogP contribution in [0.25, 0.3) is 11.4 Å². The van der Waals surface area contributed by atoms with E-state index in [-0.39, 0.29) is 0 Å². The third-order valence-electron chi connectivity index (χ3n) is 1.97. The average Bonchev–Trinajstić information content (AvgIpc) is 2.51. The fourth-order valence-corrected chi connectivity index (χ4v) is 1.74. The third kappa shape index (κ3) is 1.93. The molecule has 1 N–H and O–H groups in total. The lowest BCUT2D eigenvalue weighted by Crippen LogP contribution is -1.89. The Bertz CT molecular complexity index is 559. The smallest absolute Gasteiger partial charge is 0.216 e. The van der Waals surface area contributed by atoms with Gasteiger partial charge in [-0.15, -0.1) is 0 Å². The van der Waals surface area contributed by atoms with Crippen molar-refractivity contribution in [2.24, 2.45) is 7.05 Å². The fraction of sp³-hybridized carbons (Fsp3) is 0.111. The highest BCUT2D eigenvalue weighted by Crippen LogP contribution is 2.31. The second-order valence-electron chi connectivity index (χ2n) is 3.02. The first-order valence-corrected chi connectivity index (χ1v) is 5.33. The molecule has 0 atom stereocenters. The van der Waals surface area contributed by atoms with Gasteiger partial charge in [0, 0.05) is 12.6 Å². The lowest BCUT2D eigenvalue weighted by Gasteiger charge is -2.01. The molecule has 1 heterocycles. The van der Waals surface area contributed by atoms with Crippen LogP contribution in [-0.2, 0) is 7.05 Å². The van der Waals surface area contributed by atoms with Gasteiger partial charge < -0.3 is 0 Å². The van der Waals surface area contributed by atoms with Gasteiger partial charge in [0.15, 0.2) is 5.82 Å². The number of nitrogens with one attached hydrogen (secondary N) is 1. The average molecular weight is 260 g/mol. The first kappa shape index (κ1) is 10.7. The molecule has 0 fully saturated rings. The van der Waals surface area contributed by atoms with Gasteiger partial charge in [-0.3, -0.25) is 9.78 Å². The minimum Gasteiger partial charge on any atom is -0.279 e. The molecule has 0 saturated carbocycles. The normalized spacial score (nSPS) is 10.6. The van der Waals surface area contributed by atoms with Crippen molar-refractivity contribution in [3.63, 3.8) is 0 Å². The highest BCUT2D eigenvalue weighted by molar-refractivity contribution is 7.71. The number of aromatic amines is 1. The molecule has 0 bridgehead atoms. The van der Waals surface area contributed by atoms with Crippen molar-refractivity contribution in [3.8, 4) is 11.4 Å². The molecule has 2 aromatic rings. The van der Waals surface area contributed by atoms with E-state index in [1.54, 1.807) is 17.8 Å². The maximum absolute atomic E-state index is 6.05. The van der Waals surface area contributed by atoms with Crippen molar-refractivity contribution in [1.82, 2.24) is 14.8 Å². The van der Waals surface area contributed by atoms with Crippen LogP contribution >= 0.6 is 35.4 Å². The van der Waals surface area contributed by atoms with E-state index in [4.69, 9.17) is 35.4 Å². The molecule has 0 radical (unpaired) electrons. The van der Waals surface area contributed by atoms with Crippen LogP contribution in [0.15, 0.2) is 18.2 Å². The Hall–Kier alpha value is -0.840. The zero-order valence-electron chi connectivity index (χ0n) is 7.79. The summed E-state index contributed by atoms with van der Waals surface area (Å²) in [5, 5.41) is 3.96. The van der Waals surface area contributed by atoms with Gasteiger partial charge >= 0.3 is 0 Å². The van der Waals surface area contributed by atoms with E-state index in [0.29, 0.717) is 20.6 Å². The van der Waals surface area contributed by atoms with Crippen LogP contribution < -0.4 is 0 Å². The van der Waals surface area contributed by atoms with Crippen LogP contribution in [0.1, 0.15) is 0 Å². The van der Waals surface area contributed by atoms with Crippen molar-refractivity contribution in [3.05, 3.63) is 33.0 Å². The summed E-state index contributed by atoms with van der Waals surface area (Å²) < 4.78 is 2.11. The summed E-state index contributed by atoms with van der Waals surface area (Å²) in [6, 6.07) is 5.38. The Morgan fingerprint density at radius 1 is 1.40 bits per heavy atom. The van der Waals surface area contributed by atoms with Gasteiger partial charge in [-0.25, -0.2) is 0 Å². The second kappa shape index (κ2) is 3.96. The van der Waals surface area contributed by atoms with Crippen LogP contribution in [0.2, 0.25) is 10.0 Å². The van der Waals surface area contributed by atoms with Crippen molar-refractivity contribution in [2.75, 3.05) is 0 Å². The van der Waals surface area contributed by atoms with Crippen molar-refractivity contribution in [1.29, 1.82) is 0 Å². The molecule has 0 spiro atoms. The van der Waals surface area contributed by atoms with Crippen LogP contribution in [0, 0.1) is 4.77 Å². The Balaban J connectivity index is 2.64. The largest absolute Gasteiger partial charge is 0.279 e. The second-order valence-corrected chi connectivity index (χ2v) is 4.17. The minimum atomic E-state index is 0.473. The van der Waals surface area contributed by atoms with Crippen LogP contribution in [0.5, 0.6) is 0 Å². The summed E-state index contributed by atoms with van der Waals surface area (Å²) in [4.78, 5) is 4.16. The van der Waals surface area contributed by atoms with Gasteiger partial charge in [0.05, 0.1) is 10.0 Å². The molecule has 0 saturated heterocycles. The lowest BCUT2D eigenvalue weighted by atomic mass is 10.2. The van der Waals surface area contributed by atoms with Crippen LogP contribution in [-0.4, -0.2) is 14.8 Å². The number of aromatic nitrogens is 3. The predicted molar refractivity (Wildman–Crippen MR) is 63.8 cm³/mol. The summed E-state index contributed by atoms with van der Waals surface area (Å²) in [5.74, 6) is 0.620. The molecule has 3 nitrogen and oxygen atoms in total. The molecule has 6 heteroatoms. The van der Waals surface area contributed by atoms with Crippen molar-refractivity contribution >= 4 is 35.4 Å². The van der Waals surface area contributed by atoms with Crippen molar-refractivity contribution < 1.29 is 0 Å². The molecule has 0 aliphatic rings. The molecular formula is C9H7Cl2N3S. The van der Waals surface area contributed by atoms with E-state index in [0.717, 1.165) is 5.56 Å². The molecule has 2 rings (SSSR count). The Morgan fingerprint density at radius 2 is 2.13 bits per heavy atom. The maximum atomic E-state index is 6.05. The zero-order valence-corrected chi connectivity index (χ0v) is 10.1. The number of nitrogens with zero attached hydrogens (tertiary/aromatic N) is 2. The molecule has 0 aliphatic carbocycles. The molecular weight excluding hydrogens is 253 g/mol. The van der Waals surface area contributed by atoms with E-state index in [9.17, 15) is 0 Å². The SMILES string of the molecule is Cn1[nH]c(-c2cccc(Cl)c2Cl)nc1=S. The highest BCUT2D eigenvalue weighted by Gasteiger charge is 2.09. The number of aryl methyl sites for hydroxylation is 1. The summed E-state index contributed by atoms with van der Waals surface area (Å²) in [6.45, 7) is 0. The third-order valence-corrected chi connectivity index (χ3v) is 3.16. The summed E-state index contributed by atoms with van der Waals surface area (Å²) >= 11 is 17.0.